The molecular formula is C16H17Cl2N3O2S. The van der Waals surface area contributed by atoms with Gasteiger partial charge < -0.3 is 11.1 Å². The summed E-state index contributed by atoms with van der Waals surface area (Å²) in [5, 5.41) is 5.88. The molecule has 1 atom stereocenters. The van der Waals surface area contributed by atoms with E-state index in [-0.39, 0.29) is 5.91 Å². The van der Waals surface area contributed by atoms with E-state index in [1.807, 2.05) is 18.0 Å². The quantitative estimate of drug-likeness (QED) is 0.796. The van der Waals surface area contributed by atoms with Crippen molar-refractivity contribution >= 4 is 51.4 Å². The van der Waals surface area contributed by atoms with Crippen molar-refractivity contribution in [1.82, 2.24) is 4.90 Å². The van der Waals surface area contributed by atoms with Crippen molar-refractivity contribution in [2.24, 2.45) is 5.73 Å². The van der Waals surface area contributed by atoms with E-state index < -0.39 is 11.9 Å². The number of rotatable bonds is 6. The molecule has 0 aliphatic carbocycles. The van der Waals surface area contributed by atoms with Crippen molar-refractivity contribution in [1.29, 1.82) is 0 Å². The number of hydrogen-bond donors (Lipinski definition) is 2. The molecule has 2 rings (SSSR count). The van der Waals surface area contributed by atoms with Crippen molar-refractivity contribution in [2.45, 2.75) is 19.5 Å². The van der Waals surface area contributed by atoms with Gasteiger partial charge in [0.25, 0.3) is 5.91 Å². The molecule has 0 radical (unpaired) electrons. The van der Waals surface area contributed by atoms with Crippen LogP contribution in [0.5, 0.6) is 0 Å². The lowest BCUT2D eigenvalue weighted by molar-refractivity contribution is -0.120. The van der Waals surface area contributed by atoms with Gasteiger partial charge in [-0.1, -0.05) is 29.3 Å². The molecule has 5 nitrogen and oxygen atoms in total. The Morgan fingerprint density at radius 3 is 2.62 bits per heavy atom. The van der Waals surface area contributed by atoms with Crippen LogP contribution in [-0.4, -0.2) is 29.8 Å². The highest BCUT2D eigenvalue weighted by atomic mass is 35.5. The van der Waals surface area contributed by atoms with Crippen molar-refractivity contribution in [3.8, 4) is 0 Å². The van der Waals surface area contributed by atoms with Crippen molar-refractivity contribution in [3.63, 3.8) is 0 Å². The van der Waals surface area contributed by atoms with Crippen LogP contribution in [0, 0.1) is 0 Å². The number of amides is 2. The maximum atomic E-state index is 12.4. The van der Waals surface area contributed by atoms with Gasteiger partial charge >= 0.3 is 0 Å². The number of halogens is 2. The second-order valence-electron chi connectivity index (χ2n) is 5.36. The molecule has 2 aromatic rings. The summed E-state index contributed by atoms with van der Waals surface area (Å²) in [6, 6.07) is 6.53. The van der Waals surface area contributed by atoms with Gasteiger partial charge in [0.2, 0.25) is 5.91 Å². The lowest BCUT2D eigenvalue weighted by atomic mass is 10.2. The first-order chi connectivity index (χ1) is 11.3. The summed E-state index contributed by atoms with van der Waals surface area (Å²) in [5.74, 6) is -0.786. The topological polar surface area (TPSA) is 75.4 Å². The minimum absolute atomic E-state index is 0.220. The molecule has 1 unspecified atom stereocenters. The lowest BCUT2D eigenvalue weighted by Crippen LogP contribution is -2.39. The number of benzene rings is 1. The van der Waals surface area contributed by atoms with E-state index in [9.17, 15) is 9.59 Å². The monoisotopic (exact) mass is 385 g/mol. The van der Waals surface area contributed by atoms with Crippen LogP contribution < -0.4 is 11.1 Å². The SMILES string of the molecule is CC(C(=O)Nc1sccc1C(N)=O)N(C)Cc1ccc(Cl)c(Cl)c1. The predicted octanol–water partition coefficient (Wildman–Crippen LogP) is 3.61. The molecule has 1 aromatic carbocycles. The van der Waals surface area contributed by atoms with E-state index in [1.165, 1.54) is 11.3 Å². The second-order valence-corrected chi connectivity index (χ2v) is 7.09. The largest absolute Gasteiger partial charge is 0.366 e. The third-order valence-electron chi connectivity index (χ3n) is 3.62. The van der Waals surface area contributed by atoms with E-state index in [4.69, 9.17) is 28.9 Å². The van der Waals surface area contributed by atoms with Gasteiger partial charge in [-0.15, -0.1) is 11.3 Å². The predicted molar refractivity (Wildman–Crippen MR) is 98.9 cm³/mol. The molecule has 128 valence electrons. The number of nitrogens with zero attached hydrogens (tertiary/aromatic N) is 1. The fourth-order valence-electron chi connectivity index (χ4n) is 2.08. The fourth-order valence-corrected chi connectivity index (χ4v) is 3.20. The van der Waals surface area contributed by atoms with Crippen LogP contribution >= 0.6 is 34.5 Å². The highest BCUT2D eigenvalue weighted by Gasteiger charge is 2.21. The van der Waals surface area contributed by atoms with Crippen LogP contribution in [0.2, 0.25) is 10.0 Å². The lowest BCUT2D eigenvalue weighted by Gasteiger charge is -2.24. The van der Waals surface area contributed by atoms with Crippen molar-refractivity contribution in [2.75, 3.05) is 12.4 Å². The molecule has 0 spiro atoms. The van der Waals surface area contributed by atoms with Crippen LogP contribution in [0.4, 0.5) is 5.00 Å². The normalized spacial score (nSPS) is 12.2. The molecule has 0 fully saturated rings. The summed E-state index contributed by atoms with van der Waals surface area (Å²) >= 11 is 13.2. The minimum atomic E-state index is -0.566. The number of thiophene rings is 1. The Labute approximate surface area is 154 Å². The zero-order valence-corrected chi connectivity index (χ0v) is 15.5. The summed E-state index contributed by atoms with van der Waals surface area (Å²) in [4.78, 5) is 25.6. The highest BCUT2D eigenvalue weighted by Crippen LogP contribution is 2.25. The smallest absolute Gasteiger partial charge is 0.251 e. The van der Waals surface area contributed by atoms with Gasteiger partial charge in [0.15, 0.2) is 0 Å². The van der Waals surface area contributed by atoms with Crippen molar-refractivity contribution in [3.05, 3.63) is 50.8 Å². The summed E-state index contributed by atoms with van der Waals surface area (Å²) in [6.07, 6.45) is 0. The summed E-state index contributed by atoms with van der Waals surface area (Å²) < 4.78 is 0. The molecule has 0 aliphatic heterocycles. The highest BCUT2D eigenvalue weighted by molar-refractivity contribution is 7.14. The van der Waals surface area contributed by atoms with Crippen LogP contribution in [0.15, 0.2) is 29.6 Å². The van der Waals surface area contributed by atoms with Crippen LogP contribution in [0.1, 0.15) is 22.8 Å². The maximum Gasteiger partial charge on any atom is 0.251 e. The molecule has 0 saturated heterocycles. The molecule has 1 aromatic heterocycles. The molecule has 0 saturated carbocycles. The molecule has 8 heteroatoms. The Balaban J connectivity index is 2.02. The Bertz CT molecular complexity index is 764. The van der Waals surface area contributed by atoms with Gasteiger partial charge in [0.1, 0.15) is 5.00 Å². The number of primary amides is 1. The molecule has 0 bridgehead atoms. The Hall–Kier alpha value is -1.60. The van der Waals surface area contributed by atoms with E-state index in [0.29, 0.717) is 27.2 Å². The first-order valence-electron chi connectivity index (χ1n) is 7.12. The number of carbonyl (C=O) groups is 2. The van der Waals surface area contributed by atoms with Gasteiger partial charge in [0.05, 0.1) is 21.7 Å². The van der Waals surface area contributed by atoms with Gasteiger partial charge in [-0.2, -0.15) is 0 Å². The van der Waals surface area contributed by atoms with Crippen LogP contribution in [0.25, 0.3) is 0 Å². The van der Waals surface area contributed by atoms with E-state index in [1.54, 1.807) is 30.5 Å². The molecular weight excluding hydrogens is 369 g/mol. The summed E-state index contributed by atoms with van der Waals surface area (Å²) in [5.41, 5.74) is 6.54. The van der Waals surface area contributed by atoms with Gasteiger partial charge in [-0.3, -0.25) is 14.5 Å². The van der Waals surface area contributed by atoms with E-state index in [2.05, 4.69) is 5.32 Å². The number of anilines is 1. The maximum absolute atomic E-state index is 12.4. The Kier molecular flexibility index (Phi) is 6.23. The first-order valence-corrected chi connectivity index (χ1v) is 8.75. The fraction of sp³-hybridized carbons (Fsp3) is 0.250. The molecule has 1 heterocycles. The zero-order valence-electron chi connectivity index (χ0n) is 13.2. The van der Waals surface area contributed by atoms with Crippen LogP contribution in [-0.2, 0) is 11.3 Å². The van der Waals surface area contributed by atoms with Gasteiger partial charge in [-0.05, 0) is 43.1 Å². The van der Waals surface area contributed by atoms with Gasteiger partial charge in [0, 0.05) is 6.54 Å². The average molecular weight is 386 g/mol. The van der Waals surface area contributed by atoms with Gasteiger partial charge in [-0.25, -0.2) is 0 Å². The average Bonchev–Trinajstić information content (AvgIpc) is 2.98. The Morgan fingerprint density at radius 2 is 2.00 bits per heavy atom. The van der Waals surface area contributed by atoms with Crippen molar-refractivity contribution < 1.29 is 9.59 Å². The van der Waals surface area contributed by atoms with E-state index in [0.717, 1.165) is 5.56 Å². The Morgan fingerprint density at radius 1 is 1.29 bits per heavy atom. The molecule has 24 heavy (non-hydrogen) atoms. The first kappa shape index (κ1) is 18.7. The third kappa shape index (κ3) is 4.48. The number of likely N-dealkylation sites (N-methyl/N-ethyl adjacent to an activating group) is 1. The third-order valence-corrected chi connectivity index (χ3v) is 5.19. The second kappa shape index (κ2) is 7.98. The number of carbonyl (C=O) groups excluding carboxylic acids is 2. The standard InChI is InChI=1S/C16H17Cl2N3O2S/c1-9(15(23)20-16-11(14(19)22)5-6-24-16)21(2)8-10-3-4-12(17)13(18)7-10/h3-7,9H,8H2,1-2H3,(H2,19,22)(H,20,23). The molecule has 2 amide bonds. The molecule has 0 aliphatic rings. The number of nitrogens with two attached hydrogens (primary N) is 1. The summed E-state index contributed by atoms with van der Waals surface area (Å²) in [7, 11) is 1.83. The van der Waals surface area contributed by atoms with E-state index >= 15 is 0 Å². The molecule has 3 N–H and O–H groups in total. The number of hydrogen-bond acceptors (Lipinski definition) is 4. The number of nitrogens with one attached hydrogen (secondary N) is 1. The van der Waals surface area contributed by atoms with Crippen LogP contribution in [0.3, 0.4) is 0 Å². The zero-order chi connectivity index (χ0) is 17.9. The minimum Gasteiger partial charge on any atom is -0.366 e. The summed E-state index contributed by atoms with van der Waals surface area (Å²) in [6.45, 7) is 2.31.